The second kappa shape index (κ2) is 6.87. The smallest absolute Gasteiger partial charge is 0.145 e. The predicted octanol–water partition coefficient (Wildman–Crippen LogP) is 4.75. The summed E-state index contributed by atoms with van der Waals surface area (Å²) >= 11 is 0. The number of benzene rings is 2. The number of nitrogens with zero attached hydrogens (tertiary/aromatic N) is 2. The lowest BCUT2D eigenvalue weighted by Gasteiger charge is -2.11. The fourth-order valence-corrected chi connectivity index (χ4v) is 3.05. The summed E-state index contributed by atoms with van der Waals surface area (Å²) in [7, 11) is 0. The third-order valence-electron chi connectivity index (χ3n) is 4.47. The molecule has 1 unspecified atom stereocenters. The van der Waals surface area contributed by atoms with E-state index >= 15 is 0 Å². The molecule has 0 spiro atoms. The minimum absolute atomic E-state index is 0.109. The third kappa shape index (κ3) is 3.02. The summed E-state index contributed by atoms with van der Waals surface area (Å²) in [6.45, 7) is 0. The van der Waals surface area contributed by atoms with Crippen LogP contribution >= 0.6 is 0 Å². The predicted molar refractivity (Wildman–Crippen MR) is 99.7 cm³/mol. The zero-order valence-corrected chi connectivity index (χ0v) is 14.4. The number of rotatable bonds is 3. The van der Waals surface area contributed by atoms with Gasteiger partial charge in [-0.1, -0.05) is 5.92 Å². The molecule has 1 N–H and O–H groups in total. The standard InChI is InChI=1S/C22H13F3N2O/c1-2-20(28)21-18(24)8-7-17(22(21)25)14-9-10-27-16(11-14)12-19(26-27)13-3-5-15(23)6-4-13/h1,3-12,20,28H. The van der Waals surface area contributed by atoms with Crippen LogP contribution in [0.25, 0.3) is 27.9 Å². The first-order chi connectivity index (χ1) is 13.5. The van der Waals surface area contributed by atoms with Crippen LogP contribution in [0, 0.1) is 29.8 Å². The fourth-order valence-electron chi connectivity index (χ4n) is 3.05. The van der Waals surface area contributed by atoms with Gasteiger partial charge in [0.15, 0.2) is 0 Å². The van der Waals surface area contributed by atoms with E-state index in [1.54, 1.807) is 41.0 Å². The zero-order valence-electron chi connectivity index (χ0n) is 14.4. The Balaban J connectivity index is 1.81. The van der Waals surface area contributed by atoms with Crippen LogP contribution in [-0.4, -0.2) is 14.7 Å². The summed E-state index contributed by atoms with van der Waals surface area (Å²) in [5.41, 5.74) is 2.05. The van der Waals surface area contributed by atoms with Crippen molar-refractivity contribution in [1.29, 1.82) is 0 Å². The van der Waals surface area contributed by atoms with E-state index in [-0.39, 0.29) is 11.4 Å². The molecule has 0 fully saturated rings. The van der Waals surface area contributed by atoms with Crippen molar-refractivity contribution in [3.05, 3.63) is 83.8 Å². The summed E-state index contributed by atoms with van der Waals surface area (Å²) in [6.07, 6.45) is 5.06. The number of aliphatic hydroxyl groups is 1. The van der Waals surface area contributed by atoms with E-state index in [4.69, 9.17) is 6.42 Å². The first kappa shape index (κ1) is 17.8. The van der Waals surface area contributed by atoms with Crippen molar-refractivity contribution in [1.82, 2.24) is 9.61 Å². The maximum atomic E-state index is 14.8. The van der Waals surface area contributed by atoms with E-state index in [2.05, 4.69) is 5.10 Å². The lowest BCUT2D eigenvalue weighted by Crippen LogP contribution is -2.03. The van der Waals surface area contributed by atoms with Gasteiger partial charge in [-0.05, 0) is 60.2 Å². The lowest BCUT2D eigenvalue weighted by molar-refractivity contribution is 0.227. The number of hydrogen-bond acceptors (Lipinski definition) is 2. The monoisotopic (exact) mass is 378 g/mol. The normalized spacial score (nSPS) is 12.1. The highest BCUT2D eigenvalue weighted by Gasteiger charge is 2.20. The van der Waals surface area contributed by atoms with Crippen LogP contribution in [0.3, 0.4) is 0 Å². The van der Waals surface area contributed by atoms with Crippen molar-refractivity contribution in [2.45, 2.75) is 6.10 Å². The first-order valence-corrected chi connectivity index (χ1v) is 8.36. The Morgan fingerprint density at radius 2 is 1.71 bits per heavy atom. The minimum atomic E-state index is -1.68. The minimum Gasteiger partial charge on any atom is -0.376 e. The molecule has 138 valence electrons. The van der Waals surface area contributed by atoms with E-state index in [9.17, 15) is 18.3 Å². The summed E-state index contributed by atoms with van der Waals surface area (Å²) in [4.78, 5) is 0. The number of aromatic nitrogens is 2. The Morgan fingerprint density at radius 1 is 0.964 bits per heavy atom. The average molecular weight is 378 g/mol. The number of fused-ring (bicyclic) bond motifs is 1. The molecule has 4 rings (SSSR count). The van der Waals surface area contributed by atoms with Crippen LogP contribution in [0.15, 0.2) is 60.8 Å². The van der Waals surface area contributed by atoms with E-state index in [0.717, 1.165) is 11.6 Å². The lowest BCUT2D eigenvalue weighted by atomic mass is 9.99. The number of pyridine rings is 1. The van der Waals surface area contributed by atoms with Gasteiger partial charge in [0.05, 0.1) is 16.8 Å². The Kier molecular flexibility index (Phi) is 4.38. The van der Waals surface area contributed by atoms with Crippen molar-refractivity contribution in [2.24, 2.45) is 0 Å². The van der Waals surface area contributed by atoms with Gasteiger partial charge in [-0.25, -0.2) is 17.7 Å². The van der Waals surface area contributed by atoms with Crippen LogP contribution < -0.4 is 0 Å². The Morgan fingerprint density at radius 3 is 2.43 bits per heavy atom. The molecule has 0 aliphatic heterocycles. The van der Waals surface area contributed by atoms with Gasteiger partial charge in [-0.15, -0.1) is 6.42 Å². The zero-order chi connectivity index (χ0) is 19.8. The summed E-state index contributed by atoms with van der Waals surface area (Å²) in [5, 5.41) is 14.1. The molecular formula is C22H13F3N2O. The van der Waals surface area contributed by atoms with Crippen LogP contribution in [-0.2, 0) is 0 Å². The molecule has 2 aromatic heterocycles. The summed E-state index contributed by atoms with van der Waals surface area (Å²) < 4.78 is 43.4. The van der Waals surface area contributed by atoms with Gasteiger partial charge >= 0.3 is 0 Å². The quantitative estimate of drug-likeness (QED) is 0.523. The number of halogens is 3. The van der Waals surface area contributed by atoms with Gasteiger partial charge in [0.2, 0.25) is 0 Å². The van der Waals surface area contributed by atoms with Gasteiger partial charge in [-0.3, -0.25) is 0 Å². The average Bonchev–Trinajstić information content (AvgIpc) is 3.11. The molecule has 0 bridgehead atoms. The maximum absolute atomic E-state index is 14.8. The molecule has 2 heterocycles. The molecule has 0 saturated heterocycles. The number of aliphatic hydroxyl groups excluding tert-OH is 1. The van der Waals surface area contributed by atoms with Crippen LogP contribution in [0.1, 0.15) is 11.7 Å². The molecule has 2 aromatic carbocycles. The molecule has 4 aromatic rings. The molecular weight excluding hydrogens is 365 g/mol. The molecule has 1 atom stereocenters. The molecule has 6 heteroatoms. The van der Waals surface area contributed by atoms with Crippen LogP contribution in [0.2, 0.25) is 0 Å². The van der Waals surface area contributed by atoms with Gasteiger partial charge in [-0.2, -0.15) is 5.10 Å². The first-order valence-electron chi connectivity index (χ1n) is 8.36. The summed E-state index contributed by atoms with van der Waals surface area (Å²) in [5.74, 6) is -0.226. The molecule has 0 radical (unpaired) electrons. The Bertz CT molecular complexity index is 1220. The van der Waals surface area contributed by atoms with Crippen molar-refractivity contribution in [2.75, 3.05) is 0 Å². The van der Waals surface area contributed by atoms with E-state index in [1.807, 2.05) is 5.92 Å². The molecule has 0 aliphatic rings. The van der Waals surface area contributed by atoms with Crippen molar-refractivity contribution in [3.8, 4) is 34.7 Å². The van der Waals surface area contributed by atoms with Gasteiger partial charge in [0, 0.05) is 17.3 Å². The van der Waals surface area contributed by atoms with Gasteiger partial charge < -0.3 is 5.11 Å². The Hall–Kier alpha value is -3.56. The largest absolute Gasteiger partial charge is 0.376 e. The molecule has 0 amide bonds. The second-order valence-electron chi connectivity index (χ2n) is 6.21. The van der Waals surface area contributed by atoms with Gasteiger partial charge in [0.25, 0.3) is 0 Å². The second-order valence-corrected chi connectivity index (χ2v) is 6.21. The van der Waals surface area contributed by atoms with E-state index in [0.29, 0.717) is 16.8 Å². The van der Waals surface area contributed by atoms with Gasteiger partial charge in [0.1, 0.15) is 23.6 Å². The topological polar surface area (TPSA) is 37.5 Å². The number of hydrogen-bond donors (Lipinski definition) is 1. The highest BCUT2D eigenvalue weighted by atomic mass is 19.1. The SMILES string of the molecule is C#CC(O)c1c(F)ccc(-c2ccn3nc(-c4ccc(F)cc4)cc3c2)c1F. The van der Waals surface area contributed by atoms with E-state index < -0.39 is 23.3 Å². The fraction of sp³-hybridized carbons (Fsp3) is 0.0455. The summed E-state index contributed by atoms with van der Waals surface area (Å²) in [6, 6.07) is 13.4. The van der Waals surface area contributed by atoms with Crippen molar-refractivity contribution >= 4 is 5.52 Å². The maximum Gasteiger partial charge on any atom is 0.145 e. The number of terminal acetylenes is 1. The Labute approximate surface area is 158 Å². The van der Waals surface area contributed by atoms with Crippen molar-refractivity contribution in [3.63, 3.8) is 0 Å². The highest BCUT2D eigenvalue weighted by Crippen LogP contribution is 2.31. The molecule has 3 nitrogen and oxygen atoms in total. The van der Waals surface area contributed by atoms with Crippen LogP contribution in [0.5, 0.6) is 0 Å². The molecule has 0 aliphatic carbocycles. The third-order valence-corrected chi connectivity index (χ3v) is 4.47. The molecule has 0 saturated carbocycles. The van der Waals surface area contributed by atoms with E-state index in [1.165, 1.54) is 18.2 Å². The van der Waals surface area contributed by atoms with Crippen LogP contribution in [0.4, 0.5) is 13.2 Å². The highest BCUT2D eigenvalue weighted by molar-refractivity contribution is 5.73. The molecule has 28 heavy (non-hydrogen) atoms. The van der Waals surface area contributed by atoms with Crippen molar-refractivity contribution < 1.29 is 18.3 Å².